The van der Waals surface area contributed by atoms with E-state index in [0.717, 1.165) is 30.8 Å². The molecule has 1 heterocycles. The first-order chi connectivity index (χ1) is 10.4. The maximum absolute atomic E-state index is 9.03. The molecule has 0 spiro atoms. The molecule has 1 unspecified atom stereocenters. The van der Waals surface area contributed by atoms with Crippen molar-refractivity contribution in [3.8, 4) is 5.75 Å². The lowest BCUT2D eigenvalue weighted by atomic mass is 10.2. The summed E-state index contributed by atoms with van der Waals surface area (Å²) >= 11 is 0. The topological polar surface area (TPSA) is 57.2 Å². The third-order valence-electron chi connectivity index (χ3n) is 3.25. The lowest BCUT2D eigenvalue weighted by Gasteiger charge is -2.22. The van der Waals surface area contributed by atoms with Gasteiger partial charge in [-0.25, -0.2) is 0 Å². The summed E-state index contributed by atoms with van der Waals surface area (Å²) in [5, 5.41) is 9.03. The number of hydrogen-bond acceptors (Lipinski definition) is 5. The van der Waals surface area contributed by atoms with Crippen molar-refractivity contribution in [3.05, 3.63) is 29.8 Å². The summed E-state index contributed by atoms with van der Waals surface area (Å²) < 4.78 is 22.0. The Morgan fingerprint density at radius 1 is 1.14 bits per heavy atom. The third kappa shape index (κ3) is 6.44. The molecule has 0 aliphatic carbocycles. The van der Waals surface area contributed by atoms with Gasteiger partial charge in [0.25, 0.3) is 0 Å². The van der Waals surface area contributed by atoms with Gasteiger partial charge in [-0.1, -0.05) is 12.1 Å². The van der Waals surface area contributed by atoms with Crippen LogP contribution in [-0.4, -0.2) is 44.4 Å². The van der Waals surface area contributed by atoms with Crippen LogP contribution in [-0.2, 0) is 20.8 Å². The van der Waals surface area contributed by atoms with E-state index in [1.165, 1.54) is 6.42 Å². The van der Waals surface area contributed by atoms with Gasteiger partial charge in [0.2, 0.25) is 0 Å². The minimum absolute atomic E-state index is 0.0221. The molecule has 2 rings (SSSR count). The third-order valence-corrected chi connectivity index (χ3v) is 3.25. The van der Waals surface area contributed by atoms with Crippen LogP contribution in [0.15, 0.2) is 24.3 Å². The minimum Gasteiger partial charge on any atom is -0.491 e. The second-order valence-corrected chi connectivity index (χ2v) is 4.93. The summed E-state index contributed by atoms with van der Waals surface area (Å²) in [6.45, 7) is 2.90. The molecular weight excluding hydrogens is 272 g/mol. The van der Waals surface area contributed by atoms with Gasteiger partial charge < -0.3 is 24.1 Å². The number of hydrogen-bond donors (Lipinski definition) is 1. The Bertz CT molecular complexity index is 390. The Hall–Kier alpha value is -1.14. The number of aliphatic hydroxyl groups excluding tert-OH is 1. The number of benzene rings is 1. The monoisotopic (exact) mass is 296 g/mol. The lowest BCUT2D eigenvalue weighted by molar-refractivity contribution is -0.169. The van der Waals surface area contributed by atoms with Crippen LogP contribution in [0.25, 0.3) is 0 Å². The minimum atomic E-state index is -0.0557. The first-order valence-electron chi connectivity index (χ1n) is 7.52. The first-order valence-corrected chi connectivity index (χ1v) is 7.52. The van der Waals surface area contributed by atoms with Crippen LogP contribution in [0.3, 0.4) is 0 Å². The van der Waals surface area contributed by atoms with Gasteiger partial charge in [0.1, 0.15) is 12.4 Å². The molecule has 21 heavy (non-hydrogen) atoms. The summed E-state index contributed by atoms with van der Waals surface area (Å²) in [7, 11) is 0. The molecule has 5 heteroatoms. The van der Waals surface area contributed by atoms with Gasteiger partial charge in [0.15, 0.2) is 6.29 Å². The highest BCUT2D eigenvalue weighted by atomic mass is 16.7. The predicted octanol–water partition coefficient (Wildman–Crippen LogP) is 2.12. The Balaban J connectivity index is 1.47. The molecule has 1 aliphatic rings. The maximum atomic E-state index is 9.03. The Kier molecular flexibility index (Phi) is 7.53. The largest absolute Gasteiger partial charge is 0.491 e. The first kappa shape index (κ1) is 16.2. The zero-order chi connectivity index (χ0) is 14.8. The van der Waals surface area contributed by atoms with Crippen molar-refractivity contribution in [2.24, 2.45) is 0 Å². The highest BCUT2D eigenvalue weighted by molar-refractivity contribution is 5.27. The highest BCUT2D eigenvalue weighted by Gasteiger charge is 2.13. The molecule has 1 saturated heterocycles. The Morgan fingerprint density at radius 3 is 2.86 bits per heavy atom. The van der Waals surface area contributed by atoms with Crippen LogP contribution in [0.2, 0.25) is 0 Å². The van der Waals surface area contributed by atoms with Crippen molar-refractivity contribution in [2.45, 2.75) is 32.2 Å². The summed E-state index contributed by atoms with van der Waals surface area (Å²) in [6.07, 6.45) is 3.22. The van der Waals surface area contributed by atoms with Gasteiger partial charge in [-0.15, -0.1) is 0 Å². The smallest absolute Gasteiger partial charge is 0.157 e. The van der Waals surface area contributed by atoms with Crippen molar-refractivity contribution in [1.82, 2.24) is 0 Å². The van der Waals surface area contributed by atoms with Crippen molar-refractivity contribution < 1.29 is 24.1 Å². The van der Waals surface area contributed by atoms with Crippen LogP contribution in [0.1, 0.15) is 24.8 Å². The molecule has 118 valence electrons. The molecule has 0 radical (unpaired) electrons. The van der Waals surface area contributed by atoms with Gasteiger partial charge >= 0.3 is 0 Å². The molecule has 1 N–H and O–H groups in total. The van der Waals surface area contributed by atoms with E-state index in [1.54, 1.807) is 0 Å². The van der Waals surface area contributed by atoms with Crippen LogP contribution >= 0.6 is 0 Å². The number of rotatable bonds is 9. The summed E-state index contributed by atoms with van der Waals surface area (Å²) in [5.74, 6) is 0.747. The standard InChI is InChI=1S/C16H24O5/c17-13-14-4-3-5-15(12-14)19-10-8-18-9-11-21-16-6-1-2-7-20-16/h3-5,12,16-17H,1-2,6-11,13H2. The number of aliphatic hydroxyl groups is 1. The van der Waals surface area contributed by atoms with Gasteiger partial charge in [-0.2, -0.15) is 0 Å². The predicted molar refractivity (Wildman–Crippen MR) is 78.2 cm³/mol. The zero-order valence-corrected chi connectivity index (χ0v) is 12.3. The molecule has 1 fully saturated rings. The fourth-order valence-electron chi connectivity index (χ4n) is 2.14. The normalized spacial score (nSPS) is 18.6. The van der Waals surface area contributed by atoms with Crippen molar-refractivity contribution in [1.29, 1.82) is 0 Å². The van der Waals surface area contributed by atoms with E-state index < -0.39 is 0 Å². The molecular formula is C16H24O5. The van der Waals surface area contributed by atoms with E-state index in [4.69, 9.17) is 24.1 Å². The quantitative estimate of drug-likeness (QED) is 0.707. The second kappa shape index (κ2) is 9.73. The van der Waals surface area contributed by atoms with E-state index in [2.05, 4.69) is 0 Å². The van der Waals surface area contributed by atoms with Gasteiger partial charge in [-0.05, 0) is 37.0 Å². The molecule has 0 saturated carbocycles. The lowest BCUT2D eigenvalue weighted by Crippen LogP contribution is -2.24. The van der Waals surface area contributed by atoms with E-state index in [9.17, 15) is 0 Å². The van der Waals surface area contributed by atoms with Gasteiger partial charge in [-0.3, -0.25) is 0 Å². The van der Waals surface area contributed by atoms with E-state index >= 15 is 0 Å². The molecule has 1 aliphatic heterocycles. The molecule has 5 nitrogen and oxygen atoms in total. The van der Waals surface area contributed by atoms with Crippen molar-refractivity contribution in [3.63, 3.8) is 0 Å². The highest BCUT2D eigenvalue weighted by Crippen LogP contribution is 2.14. The zero-order valence-electron chi connectivity index (χ0n) is 12.3. The average molecular weight is 296 g/mol. The van der Waals surface area contributed by atoms with Crippen molar-refractivity contribution >= 4 is 0 Å². The SMILES string of the molecule is OCc1cccc(OCCOCCOC2CCCCO2)c1. The van der Waals surface area contributed by atoms with Crippen molar-refractivity contribution in [2.75, 3.05) is 33.0 Å². The Labute approximate surface area is 125 Å². The fourth-order valence-corrected chi connectivity index (χ4v) is 2.14. The number of ether oxygens (including phenoxy) is 4. The summed E-state index contributed by atoms with van der Waals surface area (Å²) in [4.78, 5) is 0. The Morgan fingerprint density at radius 2 is 2.05 bits per heavy atom. The van der Waals surface area contributed by atoms with E-state index in [1.807, 2.05) is 24.3 Å². The van der Waals surface area contributed by atoms with E-state index in [-0.39, 0.29) is 12.9 Å². The summed E-state index contributed by atoms with van der Waals surface area (Å²) in [5.41, 5.74) is 0.842. The van der Waals surface area contributed by atoms with E-state index in [0.29, 0.717) is 26.4 Å². The molecule has 0 amide bonds. The molecule has 1 atom stereocenters. The maximum Gasteiger partial charge on any atom is 0.157 e. The molecule has 0 bridgehead atoms. The van der Waals surface area contributed by atoms with Crippen LogP contribution in [0.5, 0.6) is 5.75 Å². The second-order valence-electron chi connectivity index (χ2n) is 4.93. The van der Waals surface area contributed by atoms with Gasteiger partial charge in [0.05, 0.1) is 26.4 Å². The molecule has 0 aromatic heterocycles. The molecule has 1 aromatic rings. The van der Waals surface area contributed by atoms with Crippen LogP contribution < -0.4 is 4.74 Å². The van der Waals surface area contributed by atoms with Crippen LogP contribution in [0.4, 0.5) is 0 Å². The fraction of sp³-hybridized carbons (Fsp3) is 0.625. The van der Waals surface area contributed by atoms with Gasteiger partial charge in [0, 0.05) is 6.61 Å². The average Bonchev–Trinajstić information content (AvgIpc) is 2.55. The summed E-state index contributed by atoms with van der Waals surface area (Å²) in [6, 6.07) is 7.40. The van der Waals surface area contributed by atoms with Crippen LogP contribution in [0, 0.1) is 0 Å². The molecule has 1 aromatic carbocycles.